The monoisotopic (exact) mass is 315 g/mol. The first-order valence-corrected chi connectivity index (χ1v) is 8.71. The molecule has 1 aromatic rings. The normalized spacial score (nSPS) is 12.4. The van der Waals surface area contributed by atoms with Crippen LogP contribution in [0.25, 0.3) is 0 Å². The minimum absolute atomic E-state index is 0.0330. The largest absolute Gasteiger partial charge is 0.346 e. The molecule has 3 N–H and O–H groups in total. The van der Waals surface area contributed by atoms with Crippen LogP contribution in [0.5, 0.6) is 0 Å². The van der Waals surface area contributed by atoms with Gasteiger partial charge in [0.1, 0.15) is 10.6 Å². The van der Waals surface area contributed by atoms with Gasteiger partial charge in [0.15, 0.2) is 0 Å². The summed E-state index contributed by atoms with van der Waals surface area (Å²) in [6.45, 7) is 8.46. The third-order valence-electron chi connectivity index (χ3n) is 3.22. The molecule has 7 heteroatoms. The number of hydrogen-bond donors (Lipinski definition) is 2. The van der Waals surface area contributed by atoms with Crippen molar-refractivity contribution in [2.45, 2.75) is 63.9 Å². The van der Waals surface area contributed by atoms with E-state index in [1.165, 1.54) is 12.3 Å². The number of nitrogens with zero attached hydrogens (tertiary/aromatic N) is 1. The SMILES string of the molecule is CCCn1cc(S(N)(=O)=O)cc1C(=O)NC(C)(C)CCC. The maximum absolute atomic E-state index is 12.4. The minimum atomic E-state index is -3.81. The smallest absolute Gasteiger partial charge is 0.268 e. The number of carbonyl (C=O) groups excluding carboxylic acids is 1. The second kappa shape index (κ2) is 6.62. The van der Waals surface area contributed by atoms with Crippen LogP contribution < -0.4 is 10.5 Å². The van der Waals surface area contributed by atoms with Crippen molar-refractivity contribution in [3.63, 3.8) is 0 Å². The highest BCUT2D eigenvalue weighted by Crippen LogP contribution is 2.17. The summed E-state index contributed by atoms with van der Waals surface area (Å²) in [7, 11) is -3.81. The molecule has 0 aromatic carbocycles. The molecule has 0 saturated heterocycles. The minimum Gasteiger partial charge on any atom is -0.346 e. The van der Waals surface area contributed by atoms with Gasteiger partial charge in [-0.15, -0.1) is 0 Å². The Morgan fingerprint density at radius 3 is 2.43 bits per heavy atom. The van der Waals surface area contributed by atoms with Crippen molar-refractivity contribution < 1.29 is 13.2 Å². The molecule has 1 aromatic heterocycles. The van der Waals surface area contributed by atoms with E-state index in [0.717, 1.165) is 19.3 Å². The van der Waals surface area contributed by atoms with Crippen molar-refractivity contribution in [1.82, 2.24) is 9.88 Å². The third-order valence-corrected chi connectivity index (χ3v) is 4.10. The number of amides is 1. The lowest BCUT2D eigenvalue weighted by molar-refractivity contribution is 0.0899. The second-order valence-electron chi connectivity index (χ2n) is 5.89. The van der Waals surface area contributed by atoms with E-state index < -0.39 is 10.0 Å². The average molecular weight is 315 g/mol. The molecular weight excluding hydrogens is 290 g/mol. The second-order valence-corrected chi connectivity index (χ2v) is 7.45. The first-order chi connectivity index (χ1) is 9.60. The number of primary sulfonamides is 1. The molecule has 1 rings (SSSR count). The summed E-state index contributed by atoms with van der Waals surface area (Å²) >= 11 is 0. The number of nitrogens with two attached hydrogens (primary N) is 1. The van der Waals surface area contributed by atoms with E-state index in [4.69, 9.17) is 5.14 Å². The Morgan fingerprint density at radius 2 is 1.95 bits per heavy atom. The number of hydrogen-bond acceptors (Lipinski definition) is 3. The highest BCUT2D eigenvalue weighted by atomic mass is 32.2. The van der Waals surface area contributed by atoms with Gasteiger partial charge in [-0.1, -0.05) is 20.3 Å². The van der Waals surface area contributed by atoms with Gasteiger partial charge in [0.05, 0.1) is 0 Å². The molecule has 0 radical (unpaired) electrons. The Balaban J connectivity index is 3.10. The van der Waals surface area contributed by atoms with Gasteiger partial charge in [0, 0.05) is 18.3 Å². The Kier molecular flexibility index (Phi) is 5.58. The first-order valence-electron chi connectivity index (χ1n) is 7.16. The van der Waals surface area contributed by atoms with E-state index in [2.05, 4.69) is 5.32 Å². The Hall–Kier alpha value is -1.34. The van der Waals surface area contributed by atoms with Crippen molar-refractivity contribution in [2.24, 2.45) is 5.14 Å². The fourth-order valence-corrected chi connectivity index (χ4v) is 2.86. The van der Waals surface area contributed by atoms with Gasteiger partial charge in [0.2, 0.25) is 10.0 Å². The van der Waals surface area contributed by atoms with E-state index in [9.17, 15) is 13.2 Å². The molecule has 6 nitrogen and oxygen atoms in total. The van der Waals surface area contributed by atoms with Crippen LogP contribution in [-0.2, 0) is 16.6 Å². The summed E-state index contributed by atoms with van der Waals surface area (Å²) in [5.41, 5.74) is -0.0143. The molecule has 0 saturated carbocycles. The molecule has 0 bridgehead atoms. The average Bonchev–Trinajstić information content (AvgIpc) is 2.72. The van der Waals surface area contributed by atoms with E-state index in [-0.39, 0.29) is 16.3 Å². The predicted octanol–water partition coefficient (Wildman–Crippen LogP) is 1.85. The molecule has 0 spiro atoms. The molecule has 0 fully saturated rings. The predicted molar refractivity (Wildman–Crippen MR) is 82.5 cm³/mol. The molecule has 1 heterocycles. The fraction of sp³-hybridized carbons (Fsp3) is 0.643. The standard InChI is InChI=1S/C14H25N3O3S/c1-5-7-14(3,4)16-13(18)12-9-11(21(15,19)20)10-17(12)8-6-2/h9-10H,5-8H2,1-4H3,(H,16,18)(H2,15,19,20). The molecule has 0 aliphatic heterocycles. The van der Waals surface area contributed by atoms with E-state index >= 15 is 0 Å². The third kappa shape index (κ3) is 4.86. The number of nitrogens with one attached hydrogen (secondary N) is 1. The van der Waals surface area contributed by atoms with Crippen molar-refractivity contribution >= 4 is 15.9 Å². The van der Waals surface area contributed by atoms with Crippen LogP contribution in [0, 0.1) is 0 Å². The van der Waals surface area contributed by atoms with E-state index in [1.807, 2.05) is 27.7 Å². The molecule has 0 unspecified atom stereocenters. The number of carbonyl (C=O) groups is 1. The highest BCUT2D eigenvalue weighted by Gasteiger charge is 2.24. The van der Waals surface area contributed by atoms with Crippen molar-refractivity contribution in [2.75, 3.05) is 0 Å². The van der Waals surface area contributed by atoms with Crippen LogP contribution >= 0.6 is 0 Å². The Labute approximate surface area is 126 Å². The van der Waals surface area contributed by atoms with E-state index in [0.29, 0.717) is 12.2 Å². The molecular formula is C14H25N3O3S. The van der Waals surface area contributed by atoms with Crippen molar-refractivity contribution in [3.8, 4) is 0 Å². The zero-order valence-electron chi connectivity index (χ0n) is 13.1. The maximum Gasteiger partial charge on any atom is 0.268 e. The lowest BCUT2D eigenvalue weighted by Crippen LogP contribution is -2.43. The van der Waals surface area contributed by atoms with Crippen LogP contribution in [0.4, 0.5) is 0 Å². The topological polar surface area (TPSA) is 94.2 Å². The van der Waals surface area contributed by atoms with Crippen LogP contribution in [0.15, 0.2) is 17.2 Å². The van der Waals surface area contributed by atoms with Crippen molar-refractivity contribution in [3.05, 3.63) is 18.0 Å². The number of aromatic nitrogens is 1. The van der Waals surface area contributed by atoms with Gasteiger partial charge in [-0.2, -0.15) is 0 Å². The Morgan fingerprint density at radius 1 is 1.33 bits per heavy atom. The van der Waals surface area contributed by atoms with Gasteiger partial charge in [-0.05, 0) is 32.8 Å². The highest BCUT2D eigenvalue weighted by molar-refractivity contribution is 7.89. The molecule has 0 aliphatic rings. The summed E-state index contributed by atoms with van der Waals surface area (Å²) in [5, 5.41) is 8.08. The fourth-order valence-electron chi connectivity index (χ4n) is 2.31. The number of aryl methyl sites for hydroxylation is 1. The van der Waals surface area contributed by atoms with Crippen LogP contribution in [0.1, 0.15) is 57.4 Å². The quantitative estimate of drug-likeness (QED) is 0.804. The lowest BCUT2D eigenvalue weighted by Gasteiger charge is -2.26. The van der Waals surface area contributed by atoms with Gasteiger partial charge in [-0.3, -0.25) is 4.79 Å². The van der Waals surface area contributed by atoms with E-state index in [1.54, 1.807) is 4.57 Å². The number of rotatable bonds is 7. The van der Waals surface area contributed by atoms with Crippen LogP contribution in [0.2, 0.25) is 0 Å². The summed E-state index contributed by atoms with van der Waals surface area (Å²) in [5.74, 6) is -0.281. The zero-order valence-corrected chi connectivity index (χ0v) is 14.0. The molecule has 0 aliphatic carbocycles. The molecule has 1 amide bonds. The summed E-state index contributed by atoms with van der Waals surface area (Å²) < 4.78 is 24.5. The number of sulfonamides is 1. The Bertz CT molecular complexity index is 603. The summed E-state index contributed by atoms with van der Waals surface area (Å²) in [4.78, 5) is 12.4. The van der Waals surface area contributed by atoms with Gasteiger partial charge in [-0.25, -0.2) is 13.6 Å². The van der Waals surface area contributed by atoms with Gasteiger partial charge >= 0.3 is 0 Å². The maximum atomic E-state index is 12.4. The van der Waals surface area contributed by atoms with Crippen LogP contribution in [0.3, 0.4) is 0 Å². The van der Waals surface area contributed by atoms with Gasteiger partial charge in [0.25, 0.3) is 5.91 Å². The summed E-state index contributed by atoms with van der Waals surface area (Å²) in [6, 6.07) is 1.34. The molecule has 120 valence electrons. The lowest BCUT2D eigenvalue weighted by atomic mass is 9.99. The first kappa shape index (κ1) is 17.7. The summed E-state index contributed by atoms with van der Waals surface area (Å²) in [6.07, 6.45) is 4.00. The van der Waals surface area contributed by atoms with Gasteiger partial charge < -0.3 is 9.88 Å². The van der Waals surface area contributed by atoms with Crippen LogP contribution in [-0.4, -0.2) is 24.4 Å². The molecule has 21 heavy (non-hydrogen) atoms. The molecule has 0 atom stereocenters. The van der Waals surface area contributed by atoms with Crippen molar-refractivity contribution in [1.29, 1.82) is 0 Å². The zero-order chi connectivity index (χ0) is 16.3.